The van der Waals surface area contributed by atoms with Crippen molar-refractivity contribution in [2.24, 2.45) is 17.9 Å². The van der Waals surface area contributed by atoms with Crippen molar-refractivity contribution in [3.63, 3.8) is 0 Å². The number of nitrogens with zero attached hydrogens (tertiary/aromatic N) is 3. The molecule has 0 bridgehead atoms. The van der Waals surface area contributed by atoms with Crippen LogP contribution < -0.4 is 5.73 Å². The molecule has 25 heavy (non-hydrogen) atoms. The number of amidine groups is 1. The molecule has 2 N–H and O–H groups in total. The van der Waals surface area contributed by atoms with E-state index in [1.54, 1.807) is 0 Å². The molecule has 0 aliphatic heterocycles. The molecule has 0 unspecified atom stereocenters. The quantitative estimate of drug-likeness (QED) is 0.353. The van der Waals surface area contributed by atoms with Gasteiger partial charge < -0.3 is 10.6 Å². The monoisotopic (exact) mass is 412 g/mol. The summed E-state index contributed by atoms with van der Waals surface area (Å²) in [7, 11) is 1.32. The van der Waals surface area contributed by atoms with Gasteiger partial charge in [-0.3, -0.25) is 4.68 Å². The third-order valence-corrected chi connectivity index (χ3v) is 4.90. The summed E-state index contributed by atoms with van der Waals surface area (Å²) in [5, 5.41) is 7.43. The molecule has 1 aliphatic rings. The Kier molecular flexibility index (Phi) is 4.59. The molecule has 1 aromatic heterocycles. The van der Waals surface area contributed by atoms with Gasteiger partial charge in [-0.2, -0.15) is 5.10 Å². The normalized spacial score (nSPS) is 16.1. The fourth-order valence-electron chi connectivity index (χ4n) is 2.65. The minimum absolute atomic E-state index is 0.165. The fourth-order valence-corrected chi connectivity index (χ4v) is 3.31. The van der Waals surface area contributed by atoms with E-state index < -0.39 is 17.8 Å². The van der Waals surface area contributed by atoms with Gasteiger partial charge in [0.15, 0.2) is 11.5 Å². The molecule has 1 saturated carbocycles. The highest BCUT2D eigenvalue weighted by molar-refractivity contribution is 9.10. The Balaban J connectivity index is 1.77. The summed E-state index contributed by atoms with van der Waals surface area (Å²) in [6.07, 6.45) is -1.18. The molecule has 1 aliphatic carbocycles. The number of aryl methyl sites for hydroxylation is 1. The number of hydrogen-bond donors (Lipinski definition) is 1. The Bertz CT molecular complexity index is 846. The molecule has 132 valence electrons. The second-order valence-corrected chi connectivity index (χ2v) is 6.65. The number of oxime groups is 1. The SMILES string of the molecule is Cn1nc(C(=O)O/N=C(\N)C2(c3ccccc3Br)CC2)cc1C(F)F. The van der Waals surface area contributed by atoms with Crippen LogP contribution in [0.3, 0.4) is 0 Å². The molecular weight excluding hydrogens is 398 g/mol. The molecule has 2 aromatic rings. The Hall–Kier alpha value is -2.29. The Morgan fingerprint density at radius 1 is 1.44 bits per heavy atom. The number of benzene rings is 1. The standard InChI is InChI=1S/C16H15BrF2N4O2/c1-23-12(13(18)19)8-11(21-23)14(24)25-22-15(20)16(6-7-16)9-4-2-3-5-10(9)17/h2-5,8,13H,6-7H2,1H3,(H2,20,22). The summed E-state index contributed by atoms with van der Waals surface area (Å²) in [4.78, 5) is 16.8. The molecule has 0 spiro atoms. The zero-order valence-corrected chi connectivity index (χ0v) is 14.8. The van der Waals surface area contributed by atoms with Crippen molar-refractivity contribution >= 4 is 27.7 Å². The summed E-state index contributed by atoms with van der Waals surface area (Å²) >= 11 is 3.48. The molecule has 6 nitrogen and oxygen atoms in total. The summed E-state index contributed by atoms with van der Waals surface area (Å²) < 4.78 is 27.3. The molecule has 3 rings (SSSR count). The van der Waals surface area contributed by atoms with Crippen molar-refractivity contribution in [1.82, 2.24) is 9.78 Å². The van der Waals surface area contributed by atoms with E-state index in [-0.39, 0.29) is 17.2 Å². The van der Waals surface area contributed by atoms with Crippen molar-refractivity contribution < 1.29 is 18.4 Å². The predicted octanol–water partition coefficient (Wildman–Crippen LogP) is 3.28. The van der Waals surface area contributed by atoms with Gasteiger partial charge in [0.25, 0.3) is 6.43 Å². The van der Waals surface area contributed by atoms with E-state index in [4.69, 9.17) is 10.6 Å². The Morgan fingerprint density at radius 2 is 2.12 bits per heavy atom. The van der Waals surface area contributed by atoms with E-state index >= 15 is 0 Å². The number of alkyl halides is 2. The number of aromatic nitrogens is 2. The van der Waals surface area contributed by atoms with E-state index in [2.05, 4.69) is 26.2 Å². The van der Waals surface area contributed by atoms with Crippen LogP contribution >= 0.6 is 15.9 Å². The molecule has 0 amide bonds. The lowest BCUT2D eigenvalue weighted by molar-refractivity contribution is 0.0506. The van der Waals surface area contributed by atoms with Crippen molar-refractivity contribution in [2.45, 2.75) is 24.7 Å². The molecule has 1 aromatic carbocycles. The van der Waals surface area contributed by atoms with Crippen LogP contribution in [0.5, 0.6) is 0 Å². The first kappa shape index (κ1) is 17.5. The van der Waals surface area contributed by atoms with Crippen LogP contribution in [0.25, 0.3) is 0 Å². The third-order valence-electron chi connectivity index (χ3n) is 4.21. The zero-order valence-electron chi connectivity index (χ0n) is 13.2. The predicted molar refractivity (Wildman–Crippen MR) is 90.3 cm³/mol. The second kappa shape index (κ2) is 6.55. The van der Waals surface area contributed by atoms with Crippen LogP contribution in [0.1, 0.15) is 41.0 Å². The van der Waals surface area contributed by atoms with E-state index in [1.165, 1.54) is 7.05 Å². The number of rotatable bonds is 5. The second-order valence-electron chi connectivity index (χ2n) is 5.80. The van der Waals surface area contributed by atoms with E-state index in [0.717, 1.165) is 33.6 Å². The first-order valence-electron chi connectivity index (χ1n) is 7.47. The topological polar surface area (TPSA) is 82.5 Å². The average Bonchev–Trinajstić information content (AvgIpc) is 3.28. The molecule has 1 fully saturated rings. The maximum absolute atomic E-state index is 12.7. The van der Waals surface area contributed by atoms with Crippen molar-refractivity contribution in [3.05, 3.63) is 51.8 Å². The molecular formula is C16H15BrF2N4O2. The molecule has 0 radical (unpaired) electrons. The van der Waals surface area contributed by atoms with Crippen molar-refractivity contribution in [3.8, 4) is 0 Å². The number of carbonyl (C=O) groups excluding carboxylic acids is 1. The van der Waals surface area contributed by atoms with Crippen LogP contribution in [-0.2, 0) is 17.3 Å². The largest absolute Gasteiger partial charge is 0.385 e. The average molecular weight is 413 g/mol. The summed E-state index contributed by atoms with van der Waals surface area (Å²) in [6, 6.07) is 8.57. The number of carbonyl (C=O) groups is 1. The highest BCUT2D eigenvalue weighted by atomic mass is 79.9. The maximum Gasteiger partial charge on any atom is 0.385 e. The van der Waals surface area contributed by atoms with Gasteiger partial charge in [0.2, 0.25) is 0 Å². The van der Waals surface area contributed by atoms with Crippen LogP contribution in [0.15, 0.2) is 40.0 Å². The molecule has 9 heteroatoms. The maximum atomic E-state index is 12.7. The van der Waals surface area contributed by atoms with Crippen LogP contribution in [-0.4, -0.2) is 21.6 Å². The molecule has 0 saturated heterocycles. The summed E-state index contributed by atoms with van der Waals surface area (Å²) in [5.41, 5.74) is 5.89. The number of hydrogen-bond acceptors (Lipinski definition) is 4. The zero-order chi connectivity index (χ0) is 18.2. The van der Waals surface area contributed by atoms with Gasteiger partial charge in [-0.1, -0.05) is 39.3 Å². The van der Waals surface area contributed by atoms with Crippen LogP contribution in [0.4, 0.5) is 8.78 Å². The summed E-state index contributed by atoms with van der Waals surface area (Å²) in [6.45, 7) is 0. The van der Waals surface area contributed by atoms with Gasteiger partial charge >= 0.3 is 5.97 Å². The third kappa shape index (κ3) is 3.28. The minimum Gasteiger partial charge on any atom is -0.384 e. The van der Waals surface area contributed by atoms with E-state index in [1.807, 2.05) is 24.3 Å². The van der Waals surface area contributed by atoms with Gasteiger partial charge in [0.05, 0.1) is 5.41 Å². The lowest BCUT2D eigenvalue weighted by Gasteiger charge is -2.15. The summed E-state index contributed by atoms with van der Waals surface area (Å²) in [5.74, 6) is -0.772. The Labute approximate surface area is 150 Å². The smallest absolute Gasteiger partial charge is 0.384 e. The van der Waals surface area contributed by atoms with Gasteiger partial charge in [-0.15, -0.1) is 0 Å². The van der Waals surface area contributed by atoms with Crippen molar-refractivity contribution in [1.29, 1.82) is 0 Å². The van der Waals surface area contributed by atoms with E-state index in [0.29, 0.717) is 0 Å². The fraction of sp³-hybridized carbons (Fsp3) is 0.312. The first-order valence-corrected chi connectivity index (χ1v) is 8.27. The lowest BCUT2D eigenvalue weighted by atomic mass is 9.95. The minimum atomic E-state index is -2.74. The van der Waals surface area contributed by atoms with Crippen molar-refractivity contribution in [2.75, 3.05) is 0 Å². The van der Waals surface area contributed by atoms with Gasteiger partial charge in [0.1, 0.15) is 5.69 Å². The van der Waals surface area contributed by atoms with Gasteiger partial charge in [-0.05, 0) is 24.5 Å². The molecule has 1 heterocycles. The van der Waals surface area contributed by atoms with Crippen LogP contribution in [0, 0.1) is 0 Å². The highest BCUT2D eigenvalue weighted by Crippen LogP contribution is 2.50. The van der Waals surface area contributed by atoms with E-state index in [9.17, 15) is 13.6 Å². The highest BCUT2D eigenvalue weighted by Gasteiger charge is 2.49. The molecule has 0 atom stereocenters. The van der Waals surface area contributed by atoms with Gasteiger partial charge in [0, 0.05) is 17.6 Å². The van der Waals surface area contributed by atoms with Gasteiger partial charge in [-0.25, -0.2) is 13.6 Å². The van der Waals surface area contributed by atoms with Crippen LogP contribution in [0.2, 0.25) is 0 Å². The Morgan fingerprint density at radius 3 is 2.68 bits per heavy atom. The lowest BCUT2D eigenvalue weighted by Crippen LogP contribution is -2.30. The first-order chi connectivity index (χ1) is 11.8. The number of halogens is 3. The number of nitrogens with two attached hydrogens (primary N) is 1.